The van der Waals surface area contributed by atoms with Crippen molar-refractivity contribution < 1.29 is 4.92 Å². The molecule has 1 saturated carbocycles. The molecule has 0 amide bonds. The molecule has 1 fully saturated rings. The Bertz CT molecular complexity index is 472. The van der Waals surface area contributed by atoms with Crippen molar-refractivity contribution in [2.75, 3.05) is 0 Å². The van der Waals surface area contributed by atoms with Crippen LogP contribution in [0.15, 0.2) is 10.7 Å². The molecule has 2 rings (SSSR count). The average molecular weight is 285 g/mol. The van der Waals surface area contributed by atoms with Gasteiger partial charge in [0.05, 0.1) is 23.9 Å². The van der Waals surface area contributed by atoms with E-state index in [1.807, 2.05) is 0 Å². The Kier molecular flexibility index (Phi) is 2.68. The van der Waals surface area contributed by atoms with Crippen LogP contribution in [0, 0.1) is 26.9 Å². The van der Waals surface area contributed by atoms with Crippen LogP contribution in [0.2, 0.25) is 0 Å². The predicted molar refractivity (Wildman–Crippen MR) is 58.5 cm³/mol. The highest BCUT2D eigenvalue weighted by Crippen LogP contribution is 2.50. The zero-order chi connectivity index (χ0) is 11.8. The maximum Gasteiger partial charge on any atom is 0.404 e. The maximum absolute atomic E-state index is 10.6. The van der Waals surface area contributed by atoms with Gasteiger partial charge in [-0.3, -0.25) is 0 Å². The number of halogens is 1. The van der Waals surface area contributed by atoms with Gasteiger partial charge in [-0.25, -0.2) is 0 Å². The van der Waals surface area contributed by atoms with Gasteiger partial charge in [-0.15, -0.1) is 0 Å². The summed E-state index contributed by atoms with van der Waals surface area (Å²) in [5.41, 5.74) is -0.00587. The smallest absolute Gasteiger partial charge is 0.358 e. The molecule has 0 N–H and O–H groups in total. The van der Waals surface area contributed by atoms with Gasteiger partial charge < -0.3 is 10.1 Å². The molecule has 0 aliphatic heterocycles. The first-order valence-corrected chi connectivity index (χ1v) is 5.60. The van der Waals surface area contributed by atoms with Crippen molar-refractivity contribution >= 4 is 21.7 Å². The molecule has 16 heavy (non-hydrogen) atoms. The Morgan fingerprint density at radius 1 is 1.75 bits per heavy atom. The van der Waals surface area contributed by atoms with E-state index in [2.05, 4.69) is 27.1 Å². The third-order valence-electron chi connectivity index (χ3n) is 2.78. The minimum atomic E-state index is -0.523. The lowest BCUT2D eigenvalue weighted by atomic mass is 10.0. The summed E-state index contributed by atoms with van der Waals surface area (Å²) >= 11 is 3.09. The predicted octanol–water partition coefficient (Wildman–Crippen LogP) is 2.25. The van der Waals surface area contributed by atoms with Crippen molar-refractivity contribution in [1.82, 2.24) is 9.78 Å². The largest absolute Gasteiger partial charge is 0.404 e. The zero-order valence-corrected chi connectivity index (χ0v) is 9.98. The third-order valence-corrected chi connectivity index (χ3v) is 3.34. The number of rotatable bonds is 4. The Morgan fingerprint density at radius 2 is 2.44 bits per heavy atom. The number of nitrogens with zero attached hydrogens (tertiary/aromatic N) is 4. The van der Waals surface area contributed by atoms with Crippen LogP contribution in [0.25, 0.3) is 0 Å². The summed E-state index contributed by atoms with van der Waals surface area (Å²) in [5, 5.41) is 23.1. The highest BCUT2D eigenvalue weighted by atomic mass is 79.9. The summed E-state index contributed by atoms with van der Waals surface area (Å²) in [6, 6.07) is 2.15. The summed E-state index contributed by atoms with van der Waals surface area (Å²) in [7, 11) is 0. The molecule has 0 bridgehead atoms. The molecule has 1 aromatic rings. The molecule has 0 spiro atoms. The number of nitriles is 1. The van der Waals surface area contributed by atoms with Crippen molar-refractivity contribution in [3.05, 3.63) is 20.8 Å². The fraction of sp³-hybridized carbons (Fsp3) is 0.556. The average Bonchev–Trinajstić information content (AvgIpc) is 2.83. The standard InChI is InChI=1S/C9H9BrN4O2/c10-7-5-13(12-8(7)14(15)16)6-9(1-2-9)3-4-11/h5H,1-3,6H2. The van der Waals surface area contributed by atoms with Crippen LogP contribution >= 0.6 is 15.9 Å². The third kappa shape index (κ3) is 2.07. The van der Waals surface area contributed by atoms with Gasteiger partial charge in [-0.1, -0.05) is 0 Å². The molecule has 7 heteroatoms. The molecular formula is C9H9BrN4O2. The van der Waals surface area contributed by atoms with Crippen molar-refractivity contribution in [3.63, 3.8) is 0 Å². The quantitative estimate of drug-likeness (QED) is 0.627. The summed E-state index contributed by atoms with van der Waals surface area (Å²) in [6.45, 7) is 0.576. The van der Waals surface area contributed by atoms with Gasteiger partial charge in [0.25, 0.3) is 0 Å². The first-order valence-electron chi connectivity index (χ1n) is 4.81. The number of hydrogen-bond acceptors (Lipinski definition) is 4. The van der Waals surface area contributed by atoms with Crippen LogP contribution in [0.5, 0.6) is 0 Å². The van der Waals surface area contributed by atoms with Crippen LogP contribution in [-0.2, 0) is 6.54 Å². The molecule has 84 valence electrons. The molecule has 1 aromatic heterocycles. The van der Waals surface area contributed by atoms with E-state index in [4.69, 9.17) is 5.26 Å². The summed E-state index contributed by atoms with van der Waals surface area (Å²) in [6.07, 6.45) is 4.06. The number of nitro groups is 1. The van der Waals surface area contributed by atoms with Gasteiger partial charge in [0.1, 0.15) is 4.47 Å². The Labute approximate surface area is 100 Å². The van der Waals surface area contributed by atoms with Gasteiger partial charge in [0, 0.05) is 11.8 Å². The van der Waals surface area contributed by atoms with Gasteiger partial charge in [0.2, 0.25) is 0 Å². The van der Waals surface area contributed by atoms with E-state index in [-0.39, 0.29) is 11.2 Å². The lowest BCUT2D eigenvalue weighted by Gasteiger charge is -2.06. The summed E-state index contributed by atoms with van der Waals surface area (Å²) in [4.78, 5) is 10.1. The van der Waals surface area contributed by atoms with Crippen LogP contribution in [0.4, 0.5) is 5.82 Å². The normalized spacial score (nSPS) is 16.8. The fourth-order valence-corrected chi connectivity index (χ4v) is 2.13. The monoisotopic (exact) mass is 284 g/mol. The van der Waals surface area contributed by atoms with Gasteiger partial charge >= 0.3 is 5.82 Å². The summed E-state index contributed by atoms with van der Waals surface area (Å²) in [5.74, 6) is -0.173. The molecule has 0 unspecified atom stereocenters. The molecule has 0 saturated heterocycles. The molecule has 1 heterocycles. The SMILES string of the molecule is N#CCC1(Cn2cc(Br)c([N+](=O)[O-])n2)CC1. The summed E-state index contributed by atoms with van der Waals surface area (Å²) < 4.78 is 1.93. The first kappa shape index (κ1) is 11.1. The van der Waals surface area contributed by atoms with E-state index in [9.17, 15) is 10.1 Å². The fourth-order valence-electron chi connectivity index (χ4n) is 1.67. The Morgan fingerprint density at radius 3 is 2.88 bits per heavy atom. The second-order valence-corrected chi connectivity index (χ2v) is 4.94. The Hall–Kier alpha value is -1.42. The van der Waals surface area contributed by atoms with E-state index < -0.39 is 4.92 Å². The highest BCUT2D eigenvalue weighted by Gasteiger charge is 2.44. The van der Waals surface area contributed by atoms with Crippen molar-refractivity contribution in [2.45, 2.75) is 25.8 Å². The minimum absolute atomic E-state index is 0.00587. The van der Waals surface area contributed by atoms with Gasteiger partial charge in [-0.2, -0.15) is 9.94 Å². The van der Waals surface area contributed by atoms with Crippen molar-refractivity contribution in [2.24, 2.45) is 5.41 Å². The van der Waals surface area contributed by atoms with Gasteiger partial charge in [0.15, 0.2) is 0 Å². The van der Waals surface area contributed by atoms with Crippen LogP contribution in [0.1, 0.15) is 19.3 Å². The van der Waals surface area contributed by atoms with Crippen LogP contribution < -0.4 is 0 Å². The number of aromatic nitrogens is 2. The molecule has 0 atom stereocenters. The van der Waals surface area contributed by atoms with Gasteiger partial charge in [-0.05, 0) is 33.7 Å². The molecule has 6 nitrogen and oxygen atoms in total. The van der Waals surface area contributed by atoms with E-state index in [0.717, 1.165) is 12.8 Å². The lowest BCUT2D eigenvalue weighted by molar-refractivity contribution is -0.390. The highest BCUT2D eigenvalue weighted by molar-refractivity contribution is 9.10. The van der Waals surface area contributed by atoms with Crippen molar-refractivity contribution in [3.8, 4) is 6.07 Å². The lowest BCUT2D eigenvalue weighted by Crippen LogP contribution is -2.11. The molecule has 0 aromatic carbocycles. The van der Waals surface area contributed by atoms with E-state index >= 15 is 0 Å². The Balaban J connectivity index is 2.14. The first-order chi connectivity index (χ1) is 7.56. The molecule has 0 radical (unpaired) electrons. The maximum atomic E-state index is 10.6. The minimum Gasteiger partial charge on any atom is -0.358 e. The molecular weight excluding hydrogens is 276 g/mol. The van der Waals surface area contributed by atoms with Crippen molar-refractivity contribution in [1.29, 1.82) is 5.26 Å². The second-order valence-electron chi connectivity index (χ2n) is 4.09. The van der Waals surface area contributed by atoms with E-state index in [1.165, 1.54) is 0 Å². The van der Waals surface area contributed by atoms with E-state index in [0.29, 0.717) is 17.4 Å². The zero-order valence-electron chi connectivity index (χ0n) is 8.39. The second kappa shape index (κ2) is 3.87. The molecule has 1 aliphatic carbocycles. The van der Waals surface area contributed by atoms with E-state index in [1.54, 1.807) is 10.9 Å². The van der Waals surface area contributed by atoms with Crippen LogP contribution in [-0.4, -0.2) is 14.7 Å². The number of hydrogen-bond donors (Lipinski definition) is 0. The van der Waals surface area contributed by atoms with Crippen LogP contribution in [0.3, 0.4) is 0 Å². The topological polar surface area (TPSA) is 84.8 Å². The molecule has 1 aliphatic rings.